The number of ether oxygens (including phenoxy) is 1. The summed E-state index contributed by atoms with van der Waals surface area (Å²) in [6.07, 6.45) is 0. The molecule has 0 aliphatic heterocycles. The van der Waals surface area contributed by atoms with Crippen LogP contribution in [0.4, 0.5) is 4.39 Å². The van der Waals surface area contributed by atoms with Crippen LogP contribution in [-0.2, 0) is 4.79 Å². The second kappa shape index (κ2) is 7.48. The molecule has 6 N–H and O–H groups in total. The number of carbonyl (C=O) groups is 1. The van der Waals surface area contributed by atoms with Crippen molar-refractivity contribution in [3.05, 3.63) is 65.0 Å². The molecular formula is C18H19FN4O2. The first-order chi connectivity index (χ1) is 11.8. The predicted octanol–water partition coefficient (Wildman–Crippen LogP) is 2.07. The minimum atomic E-state index is -0.768. The molecule has 1 amide bonds. The fourth-order valence-electron chi connectivity index (χ4n) is 2.13. The summed E-state index contributed by atoms with van der Waals surface area (Å²) < 4.78 is 19.1. The first-order valence-electron chi connectivity index (χ1n) is 7.40. The zero-order chi connectivity index (χ0) is 18.6. The highest BCUT2D eigenvalue weighted by molar-refractivity contribution is 6.24. The smallest absolute Gasteiger partial charge is 0.254 e. The number of nitrogens with zero attached hydrogens (tertiary/aromatic N) is 1. The van der Waals surface area contributed by atoms with Gasteiger partial charge in [0.2, 0.25) is 0 Å². The molecule has 0 unspecified atom stereocenters. The minimum Gasteiger partial charge on any atom is -0.457 e. The summed E-state index contributed by atoms with van der Waals surface area (Å²) in [4.78, 5) is 15.3. The van der Waals surface area contributed by atoms with Gasteiger partial charge in [0, 0.05) is 13.1 Å². The number of amides is 1. The van der Waals surface area contributed by atoms with Crippen molar-refractivity contribution in [1.82, 2.24) is 0 Å². The molecule has 0 atom stereocenters. The molecule has 25 heavy (non-hydrogen) atoms. The fraction of sp³-hybridized carbons (Fsp3) is 0.111. The van der Waals surface area contributed by atoms with Gasteiger partial charge in [-0.15, -0.1) is 0 Å². The molecule has 0 radical (unpaired) electrons. The van der Waals surface area contributed by atoms with Gasteiger partial charge < -0.3 is 21.9 Å². The third kappa shape index (κ3) is 4.14. The van der Waals surface area contributed by atoms with Crippen LogP contribution in [0.1, 0.15) is 11.1 Å². The summed E-state index contributed by atoms with van der Waals surface area (Å²) in [7, 11) is 1.43. The number of hydrogen-bond acceptors (Lipinski definition) is 4. The lowest BCUT2D eigenvalue weighted by Gasteiger charge is -2.10. The van der Waals surface area contributed by atoms with Gasteiger partial charge in [-0.25, -0.2) is 4.39 Å². The van der Waals surface area contributed by atoms with Crippen LogP contribution in [0, 0.1) is 12.7 Å². The van der Waals surface area contributed by atoms with Gasteiger partial charge >= 0.3 is 0 Å². The van der Waals surface area contributed by atoms with E-state index < -0.39 is 5.91 Å². The van der Waals surface area contributed by atoms with E-state index in [-0.39, 0.29) is 22.9 Å². The maximum Gasteiger partial charge on any atom is 0.254 e. The topological polar surface area (TPSA) is 117 Å². The third-order valence-electron chi connectivity index (χ3n) is 3.56. The Labute approximate surface area is 144 Å². The maximum absolute atomic E-state index is 13.6. The molecule has 0 aliphatic carbocycles. The van der Waals surface area contributed by atoms with Crippen LogP contribution in [0.3, 0.4) is 0 Å². The highest BCUT2D eigenvalue weighted by Crippen LogP contribution is 2.25. The molecule has 0 aromatic heterocycles. The summed E-state index contributed by atoms with van der Waals surface area (Å²) >= 11 is 0. The molecule has 2 aromatic carbocycles. The lowest BCUT2D eigenvalue weighted by molar-refractivity contribution is -0.114. The molecule has 0 fully saturated rings. The molecule has 6 nitrogen and oxygen atoms in total. The molecule has 0 heterocycles. The summed E-state index contributed by atoms with van der Waals surface area (Å²) in [6.45, 7) is 1.67. The summed E-state index contributed by atoms with van der Waals surface area (Å²) in [5, 5.41) is 0. The van der Waals surface area contributed by atoms with Gasteiger partial charge in [0.15, 0.2) is 0 Å². The third-order valence-corrected chi connectivity index (χ3v) is 3.56. The molecule has 0 saturated heterocycles. The molecule has 7 heteroatoms. The fourth-order valence-corrected chi connectivity index (χ4v) is 2.13. The maximum atomic E-state index is 13.6. The Balaban J connectivity index is 2.29. The highest BCUT2D eigenvalue weighted by Gasteiger charge is 2.16. The standard InChI is InChI=1S/C18H19FN4O2/c1-10-3-6-13(9-14(10)19)25-12-7-4-11(5-8-12)16(20)15(18(22)24)17(21)23-2/h3-9H,20H2,1-2H3,(H2,21,23)(H2,22,24). The number of primary amides is 1. The van der Waals surface area contributed by atoms with Crippen molar-refractivity contribution in [3.63, 3.8) is 0 Å². The number of hydrogen-bond donors (Lipinski definition) is 3. The molecule has 2 aromatic rings. The molecule has 0 saturated carbocycles. The first-order valence-corrected chi connectivity index (χ1v) is 7.40. The van der Waals surface area contributed by atoms with Crippen LogP contribution in [0.2, 0.25) is 0 Å². The molecule has 130 valence electrons. The number of aliphatic imine (C=N–C) groups is 1. The summed E-state index contributed by atoms with van der Waals surface area (Å²) in [5.74, 6) is -0.296. The van der Waals surface area contributed by atoms with Crippen molar-refractivity contribution in [2.75, 3.05) is 7.05 Å². The van der Waals surface area contributed by atoms with Crippen molar-refractivity contribution in [2.24, 2.45) is 22.2 Å². The average molecular weight is 342 g/mol. The van der Waals surface area contributed by atoms with Gasteiger partial charge in [-0.05, 0) is 48.4 Å². The molecule has 0 spiro atoms. The average Bonchev–Trinajstić information content (AvgIpc) is 2.58. The Kier molecular flexibility index (Phi) is 5.38. The van der Waals surface area contributed by atoms with Crippen LogP contribution in [0.5, 0.6) is 11.5 Å². The quantitative estimate of drug-likeness (QED) is 0.438. The van der Waals surface area contributed by atoms with Crippen molar-refractivity contribution in [2.45, 2.75) is 6.92 Å². The Morgan fingerprint density at radius 2 is 1.64 bits per heavy atom. The molecule has 2 rings (SSSR count). The largest absolute Gasteiger partial charge is 0.457 e. The van der Waals surface area contributed by atoms with E-state index in [2.05, 4.69) is 4.99 Å². The second-order valence-corrected chi connectivity index (χ2v) is 5.30. The number of amidine groups is 1. The van der Waals surface area contributed by atoms with E-state index >= 15 is 0 Å². The number of carbonyl (C=O) groups excluding carboxylic acids is 1. The van der Waals surface area contributed by atoms with Crippen LogP contribution in [-0.4, -0.2) is 18.8 Å². The van der Waals surface area contributed by atoms with E-state index in [4.69, 9.17) is 21.9 Å². The van der Waals surface area contributed by atoms with E-state index in [1.807, 2.05) is 0 Å². The van der Waals surface area contributed by atoms with Crippen molar-refractivity contribution in [1.29, 1.82) is 0 Å². The van der Waals surface area contributed by atoms with Crippen molar-refractivity contribution < 1.29 is 13.9 Å². The summed E-state index contributed by atoms with van der Waals surface area (Å²) in [6, 6.07) is 11.2. The first kappa shape index (κ1) is 18.0. The number of benzene rings is 2. The molecular weight excluding hydrogens is 323 g/mol. The second-order valence-electron chi connectivity index (χ2n) is 5.30. The van der Waals surface area contributed by atoms with Gasteiger partial charge in [0.25, 0.3) is 5.91 Å². The number of nitrogens with two attached hydrogens (primary N) is 3. The minimum absolute atomic E-state index is 0.0412. The lowest BCUT2D eigenvalue weighted by atomic mass is 10.1. The van der Waals surface area contributed by atoms with E-state index in [0.29, 0.717) is 22.6 Å². The lowest BCUT2D eigenvalue weighted by Crippen LogP contribution is -2.29. The number of aryl methyl sites for hydroxylation is 1. The zero-order valence-corrected chi connectivity index (χ0v) is 13.9. The van der Waals surface area contributed by atoms with E-state index in [1.165, 1.54) is 13.1 Å². The van der Waals surface area contributed by atoms with Gasteiger partial charge in [-0.2, -0.15) is 0 Å². The predicted molar refractivity (Wildman–Crippen MR) is 95.5 cm³/mol. The van der Waals surface area contributed by atoms with E-state index in [0.717, 1.165) is 0 Å². The Hall–Kier alpha value is -3.35. The van der Waals surface area contributed by atoms with Gasteiger partial charge in [0.1, 0.15) is 28.7 Å². The Bertz CT molecular complexity index is 858. The SMILES string of the molecule is CN=C(N)C(C(N)=O)=C(N)c1ccc(Oc2ccc(C)c(F)c2)cc1. The van der Waals surface area contributed by atoms with Gasteiger partial charge in [0.05, 0.1) is 5.70 Å². The molecule has 0 bridgehead atoms. The Morgan fingerprint density at radius 1 is 1.04 bits per heavy atom. The molecule has 0 aliphatic rings. The zero-order valence-electron chi connectivity index (χ0n) is 13.9. The summed E-state index contributed by atoms with van der Waals surface area (Å²) in [5.41, 5.74) is 18.1. The monoisotopic (exact) mass is 342 g/mol. The number of rotatable bonds is 5. The van der Waals surface area contributed by atoms with Crippen LogP contribution < -0.4 is 21.9 Å². The Morgan fingerprint density at radius 3 is 2.16 bits per heavy atom. The van der Waals surface area contributed by atoms with Crippen LogP contribution in [0.25, 0.3) is 5.70 Å². The van der Waals surface area contributed by atoms with Crippen LogP contribution in [0.15, 0.2) is 53.0 Å². The van der Waals surface area contributed by atoms with Crippen LogP contribution >= 0.6 is 0 Å². The van der Waals surface area contributed by atoms with Crippen molar-refractivity contribution >= 4 is 17.4 Å². The van der Waals surface area contributed by atoms with E-state index in [9.17, 15) is 9.18 Å². The normalized spacial score (nSPS) is 12.5. The van der Waals surface area contributed by atoms with E-state index in [1.54, 1.807) is 43.3 Å². The van der Waals surface area contributed by atoms with Gasteiger partial charge in [-0.1, -0.05) is 6.07 Å². The van der Waals surface area contributed by atoms with Gasteiger partial charge in [-0.3, -0.25) is 9.79 Å². The van der Waals surface area contributed by atoms with Crippen molar-refractivity contribution in [3.8, 4) is 11.5 Å². The highest BCUT2D eigenvalue weighted by atomic mass is 19.1. The number of halogens is 1.